The lowest BCUT2D eigenvalue weighted by molar-refractivity contribution is 1.17. The predicted octanol–water partition coefficient (Wildman–Crippen LogP) is 6.04. The lowest BCUT2D eigenvalue weighted by atomic mass is 10.0. The van der Waals surface area contributed by atoms with E-state index in [2.05, 4.69) is 59.3 Å². The number of nitrogens with zero attached hydrogens (tertiary/aromatic N) is 1. The zero-order valence-corrected chi connectivity index (χ0v) is 14.4. The zero-order valence-electron chi connectivity index (χ0n) is 12.0. The fourth-order valence-electron chi connectivity index (χ4n) is 3.08. The molecule has 1 aliphatic rings. The molecule has 0 amide bonds. The Balaban J connectivity index is 1.85. The average Bonchev–Trinajstić information content (AvgIpc) is 2.84. The van der Waals surface area contributed by atoms with Crippen LogP contribution in [-0.2, 0) is 6.42 Å². The first kappa shape index (κ1) is 14.0. The minimum Gasteiger partial charge on any atom is -0.252 e. The van der Waals surface area contributed by atoms with E-state index in [4.69, 9.17) is 16.6 Å². The summed E-state index contributed by atoms with van der Waals surface area (Å²) in [4.78, 5) is 4.88. The SMILES string of the molecule is Cc1nc2c(cc1-c1ccc(Cl)cc1)Cc1cc(Br)ccc1-2. The van der Waals surface area contributed by atoms with Gasteiger partial charge in [0.25, 0.3) is 0 Å². The smallest absolute Gasteiger partial charge is 0.0743 e. The van der Waals surface area contributed by atoms with Crippen LogP contribution in [0.25, 0.3) is 22.4 Å². The van der Waals surface area contributed by atoms with Gasteiger partial charge in [-0.3, -0.25) is 4.98 Å². The molecule has 2 aromatic carbocycles. The standard InChI is InChI=1S/C19H13BrClN/c1-11-18(12-2-5-16(21)6-3-12)10-14-8-13-9-15(20)4-7-17(13)19(14)22-11/h2-7,9-10H,8H2,1H3. The minimum absolute atomic E-state index is 0.757. The van der Waals surface area contributed by atoms with E-state index in [0.717, 1.165) is 32.9 Å². The number of aromatic nitrogens is 1. The monoisotopic (exact) mass is 369 g/mol. The summed E-state index contributed by atoms with van der Waals surface area (Å²) >= 11 is 9.54. The van der Waals surface area contributed by atoms with Gasteiger partial charge < -0.3 is 0 Å². The van der Waals surface area contributed by atoms with Gasteiger partial charge in [0.2, 0.25) is 0 Å². The number of halogens is 2. The minimum atomic E-state index is 0.757. The maximum atomic E-state index is 5.99. The van der Waals surface area contributed by atoms with Crippen LogP contribution in [0.2, 0.25) is 5.02 Å². The van der Waals surface area contributed by atoms with Gasteiger partial charge in [-0.2, -0.15) is 0 Å². The average molecular weight is 371 g/mol. The van der Waals surface area contributed by atoms with Crippen molar-refractivity contribution in [2.45, 2.75) is 13.3 Å². The van der Waals surface area contributed by atoms with Crippen molar-refractivity contribution in [1.29, 1.82) is 0 Å². The van der Waals surface area contributed by atoms with Crippen molar-refractivity contribution in [3.63, 3.8) is 0 Å². The van der Waals surface area contributed by atoms with Gasteiger partial charge in [-0.15, -0.1) is 0 Å². The highest BCUT2D eigenvalue weighted by atomic mass is 79.9. The van der Waals surface area contributed by atoms with Crippen molar-refractivity contribution in [3.8, 4) is 22.4 Å². The molecule has 0 spiro atoms. The molecule has 3 heteroatoms. The maximum absolute atomic E-state index is 5.99. The molecule has 1 heterocycles. The lowest BCUT2D eigenvalue weighted by Crippen LogP contribution is -1.93. The molecule has 22 heavy (non-hydrogen) atoms. The highest BCUT2D eigenvalue weighted by molar-refractivity contribution is 9.10. The Morgan fingerprint density at radius 3 is 2.50 bits per heavy atom. The topological polar surface area (TPSA) is 12.9 Å². The molecule has 0 unspecified atom stereocenters. The number of aryl methyl sites for hydroxylation is 1. The van der Waals surface area contributed by atoms with Crippen molar-refractivity contribution in [2.75, 3.05) is 0 Å². The van der Waals surface area contributed by atoms with Crippen LogP contribution < -0.4 is 0 Å². The van der Waals surface area contributed by atoms with Crippen molar-refractivity contribution in [2.24, 2.45) is 0 Å². The second-order valence-corrected chi connectivity index (χ2v) is 6.97. The van der Waals surface area contributed by atoms with Crippen molar-refractivity contribution < 1.29 is 0 Å². The van der Waals surface area contributed by atoms with E-state index >= 15 is 0 Å². The molecule has 1 nitrogen and oxygen atoms in total. The molecule has 0 atom stereocenters. The number of pyridine rings is 1. The summed E-state index contributed by atoms with van der Waals surface area (Å²) in [6.07, 6.45) is 0.942. The second-order valence-electron chi connectivity index (χ2n) is 5.61. The number of benzene rings is 2. The number of rotatable bonds is 1. The molecule has 108 valence electrons. The second kappa shape index (κ2) is 5.22. The summed E-state index contributed by atoms with van der Waals surface area (Å²) in [7, 11) is 0. The Kier molecular flexibility index (Phi) is 3.32. The molecule has 1 aromatic heterocycles. The lowest BCUT2D eigenvalue weighted by Gasteiger charge is -2.09. The van der Waals surface area contributed by atoms with Gasteiger partial charge in [-0.1, -0.05) is 45.7 Å². The molecule has 3 aromatic rings. The Hall–Kier alpha value is -1.64. The summed E-state index contributed by atoms with van der Waals surface area (Å²) in [5, 5.41) is 0.757. The van der Waals surface area contributed by atoms with E-state index in [1.54, 1.807) is 0 Å². The van der Waals surface area contributed by atoms with Gasteiger partial charge in [0.15, 0.2) is 0 Å². The van der Waals surface area contributed by atoms with E-state index < -0.39 is 0 Å². The molecule has 4 rings (SSSR count). The fraction of sp³-hybridized carbons (Fsp3) is 0.105. The van der Waals surface area contributed by atoms with Crippen molar-refractivity contribution in [1.82, 2.24) is 4.98 Å². The Bertz CT molecular complexity index is 885. The maximum Gasteiger partial charge on any atom is 0.0743 e. The normalized spacial score (nSPS) is 12.1. The molecule has 1 aliphatic carbocycles. The summed E-state index contributed by atoms with van der Waals surface area (Å²) < 4.78 is 1.12. The van der Waals surface area contributed by atoms with Crippen LogP contribution in [0.1, 0.15) is 16.8 Å². The Morgan fingerprint density at radius 1 is 0.955 bits per heavy atom. The van der Waals surface area contributed by atoms with Gasteiger partial charge in [-0.25, -0.2) is 0 Å². The largest absolute Gasteiger partial charge is 0.252 e. The van der Waals surface area contributed by atoms with Crippen molar-refractivity contribution in [3.05, 3.63) is 74.8 Å². The third-order valence-corrected chi connectivity index (χ3v) is 4.90. The summed E-state index contributed by atoms with van der Waals surface area (Å²) in [5.74, 6) is 0. The number of hydrogen-bond acceptors (Lipinski definition) is 1. The Morgan fingerprint density at radius 2 is 1.73 bits per heavy atom. The van der Waals surface area contributed by atoms with Crippen molar-refractivity contribution >= 4 is 27.5 Å². The molecule has 0 saturated carbocycles. The fourth-order valence-corrected chi connectivity index (χ4v) is 3.62. The highest BCUT2D eigenvalue weighted by Gasteiger charge is 2.21. The molecular formula is C19H13BrClN. The third-order valence-electron chi connectivity index (χ3n) is 4.15. The predicted molar refractivity (Wildman–Crippen MR) is 95.4 cm³/mol. The van der Waals surface area contributed by atoms with E-state index in [9.17, 15) is 0 Å². The van der Waals surface area contributed by atoms with E-state index in [0.29, 0.717) is 0 Å². The number of hydrogen-bond donors (Lipinski definition) is 0. The first-order valence-electron chi connectivity index (χ1n) is 7.17. The van der Waals surface area contributed by atoms with Crippen LogP contribution in [0.15, 0.2) is 53.0 Å². The third kappa shape index (κ3) is 2.27. The van der Waals surface area contributed by atoms with Gasteiger partial charge in [-0.05, 0) is 53.9 Å². The van der Waals surface area contributed by atoms with Crippen LogP contribution in [0.4, 0.5) is 0 Å². The zero-order chi connectivity index (χ0) is 15.3. The first-order valence-corrected chi connectivity index (χ1v) is 8.34. The van der Waals surface area contributed by atoms with E-state index in [1.165, 1.54) is 22.3 Å². The molecule has 0 aliphatic heterocycles. The van der Waals surface area contributed by atoms with Crippen LogP contribution in [0.5, 0.6) is 0 Å². The summed E-state index contributed by atoms with van der Waals surface area (Å²) in [6, 6.07) is 16.7. The molecule has 0 fully saturated rings. The van der Waals surface area contributed by atoms with Gasteiger partial charge in [0, 0.05) is 32.7 Å². The molecule has 0 saturated heterocycles. The Labute approximate surface area is 143 Å². The highest BCUT2D eigenvalue weighted by Crippen LogP contribution is 2.39. The molecule has 0 radical (unpaired) electrons. The van der Waals surface area contributed by atoms with Crippen LogP contribution in [0, 0.1) is 6.92 Å². The van der Waals surface area contributed by atoms with Gasteiger partial charge >= 0.3 is 0 Å². The number of fused-ring (bicyclic) bond motifs is 3. The molecular weight excluding hydrogens is 358 g/mol. The van der Waals surface area contributed by atoms with E-state index in [1.807, 2.05) is 12.1 Å². The van der Waals surface area contributed by atoms with Crippen LogP contribution in [-0.4, -0.2) is 4.98 Å². The van der Waals surface area contributed by atoms with Gasteiger partial charge in [0.1, 0.15) is 0 Å². The van der Waals surface area contributed by atoms with Gasteiger partial charge in [0.05, 0.1) is 5.69 Å². The van der Waals surface area contributed by atoms with Crippen LogP contribution >= 0.6 is 27.5 Å². The molecule has 0 bridgehead atoms. The quantitative estimate of drug-likeness (QED) is 0.398. The first-order chi connectivity index (χ1) is 10.6. The summed E-state index contributed by atoms with van der Waals surface area (Å²) in [5.41, 5.74) is 8.41. The van der Waals surface area contributed by atoms with Crippen LogP contribution in [0.3, 0.4) is 0 Å². The molecule has 0 N–H and O–H groups in total. The summed E-state index contributed by atoms with van der Waals surface area (Å²) in [6.45, 7) is 2.07. The van der Waals surface area contributed by atoms with E-state index in [-0.39, 0.29) is 0 Å².